The number of nitrogens with one attached hydrogen (secondary N) is 1. The number of carbonyl (C=O) groups is 1. The molecule has 1 N–H and O–H groups in total. The average molecular weight is 382 g/mol. The first-order valence-electron chi connectivity index (χ1n) is 8.11. The summed E-state index contributed by atoms with van der Waals surface area (Å²) in [5.41, 5.74) is 2.92. The Morgan fingerprint density at radius 2 is 2.00 bits per heavy atom. The van der Waals surface area contributed by atoms with E-state index in [1.807, 2.05) is 6.26 Å². The molecule has 0 bridgehead atoms. The molecule has 0 fully saturated rings. The summed E-state index contributed by atoms with van der Waals surface area (Å²) in [5, 5.41) is 3.48. The van der Waals surface area contributed by atoms with Crippen molar-refractivity contribution in [2.75, 3.05) is 11.6 Å². The minimum absolute atomic E-state index is 0.331. The van der Waals surface area contributed by atoms with Crippen LogP contribution in [0, 0.1) is 12.7 Å². The molecule has 4 rings (SSSR count). The van der Waals surface area contributed by atoms with Gasteiger partial charge in [-0.3, -0.25) is 9.36 Å². The Kier molecular flexibility index (Phi) is 4.41. The first-order chi connectivity index (χ1) is 13.0. The van der Waals surface area contributed by atoms with Crippen LogP contribution in [0.25, 0.3) is 16.8 Å². The molecule has 8 heteroatoms. The maximum Gasteiger partial charge on any atom is 0.274 e. The van der Waals surface area contributed by atoms with Crippen LogP contribution < -0.4 is 5.32 Å². The van der Waals surface area contributed by atoms with E-state index in [2.05, 4.69) is 15.3 Å². The molecule has 1 amide bonds. The highest BCUT2D eigenvalue weighted by Gasteiger charge is 2.18. The van der Waals surface area contributed by atoms with Crippen LogP contribution in [0.1, 0.15) is 16.4 Å². The number of hydrogen-bond donors (Lipinski definition) is 1. The maximum atomic E-state index is 13.3. The summed E-state index contributed by atoms with van der Waals surface area (Å²) in [6, 6.07) is 11.2. The number of rotatable bonds is 4. The predicted octanol–water partition coefficient (Wildman–Crippen LogP) is 4.44. The minimum atomic E-state index is -0.341. The van der Waals surface area contributed by atoms with Gasteiger partial charge in [-0.05, 0) is 42.7 Å². The fourth-order valence-corrected chi connectivity index (χ4v) is 3.34. The lowest BCUT2D eigenvalue weighted by molar-refractivity contribution is 0.102. The number of amides is 1. The fourth-order valence-electron chi connectivity index (χ4n) is 2.79. The number of fused-ring (bicyclic) bond motifs is 1. The zero-order valence-corrected chi connectivity index (χ0v) is 15.4. The maximum absolute atomic E-state index is 13.3. The first-order valence-corrected chi connectivity index (χ1v) is 9.34. The van der Waals surface area contributed by atoms with Gasteiger partial charge in [-0.15, -0.1) is 0 Å². The number of oxazole rings is 1. The number of aromatic nitrogens is 3. The van der Waals surface area contributed by atoms with E-state index in [9.17, 15) is 9.18 Å². The molecule has 0 radical (unpaired) electrons. The van der Waals surface area contributed by atoms with Crippen molar-refractivity contribution in [2.45, 2.75) is 12.1 Å². The van der Waals surface area contributed by atoms with Crippen molar-refractivity contribution in [3.63, 3.8) is 0 Å². The number of imidazole rings is 1. The van der Waals surface area contributed by atoms with Gasteiger partial charge in [-0.2, -0.15) is 0 Å². The number of hydrogen-bond acceptors (Lipinski definition) is 5. The Hall–Kier alpha value is -3.13. The molecule has 27 heavy (non-hydrogen) atoms. The first kappa shape index (κ1) is 17.3. The van der Waals surface area contributed by atoms with Crippen LogP contribution in [0.4, 0.5) is 10.1 Å². The Labute approximate surface area is 158 Å². The van der Waals surface area contributed by atoms with Crippen molar-refractivity contribution in [1.29, 1.82) is 0 Å². The lowest BCUT2D eigenvalue weighted by Crippen LogP contribution is -2.16. The summed E-state index contributed by atoms with van der Waals surface area (Å²) in [7, 11) is 0. The van der Waals surface area contributed by atoms with E-state index in [0.717, 1.165) is 5.52 Å². The van der Waals surface area contributed by atoms with Crippen molar-refractivity contribution in [3.05, 3.63) is 66.1 Å². The lowest BCUT2D eigenvalue weighted by Gasteiger charge is -2.11. The standard InChI is InChI=1S/C19H15FN4O2S/c1-11-22-15-8-5-13(9-17(15)26-11)23-18(25)16-10-21-19(27-2)24(16)14-6-3-12(20)4-7-14/h3-10H,1-2H3,(H,23,25). The van der Waals surface area contributed by atoms with E-state index in [4.69, 9.17) is 4.42 Å². The molecule has 0 saturated heterocycles. The summed E-state index contributed by atoms with van der Waals surface area (Å²) in [5.74, 6) is -0.110. The quantitative estimate of drug-likeness (QED) is 0.529. The fraction of sp³-hybridized carbons (Fsp3) is 0.105. The average Bonchev–Trinajstić information content (AvgIpc) is 3.24. The van der Waals surface area contributed by atoms with Crippen LogP contribution in [-0.2, 0) is 0 Å². The highest BCUT2D eigenvalue weighted by molar-refractivity contribution is 7.98. The molecule has 6 nitrogen and oxygen atoms in total. The largest absolute Gasteiger partial charge is 0.441 e. The molecule has 4 aromatic rings. The summed E-state index contributed by atoms with van der Waals surface area (Å²) < 4.78 is 20.5. The Morgan fingerprint density at radius 1 is 1.22 bits per heavy atom. The van der Waals surface area contributed by atoms with E-state index >= 15 is 0 Å². The highest BCUT2D eigenvalue weighted by atomic mass is 32.2. The molecule has 0 saturated carbocycles. The summed E-state index contributed by atoms with van der Waals surface area (Å²) in [4.78, 5) is 21.4. The van der Waals surface area contributed by atoms with Crippen LogP contribution in [0.3, 0.4) is 0 Å². The summed E-state index contributed by atoms with van der Waals surface area (Å²) >= 11 is 1.40. The molecule has 136 valence electrons. The smallest absolute Gasteiger partial charge is 0.274 e. The van der Waals surface area contributed by atoms with Crippen molar-refractivity contribution < 1.29 is 13.6 Å². The van der Waals surface area contributed by atoms with Crippen LogP contribution in [-0.4, -0.2) is 26.7 Å². The number of halogens is 1. The van der Waals surface area contributed by atoms with E-state index < -0.39 is 0 Å². The van der Waals surface area contributed by atoms with Gasteiger partial charge in [0.1, 0.15) is 17.0 Å². The number of benzene rings is 2. The number of carbonyl (C=O) groups excluding carboxylic acids is 1. The minimum Gasteiger partial charge on any atom is -0.441 e. The Bertz CT molecular complexity index is 1130. The summed E-state index contributed by atoms with van der Waals surface area (Å²) in [6.45, 7) is 1.77. The topological polar surface area (TPSA) is 73.0 Å². The third-order valence-corrected chi connectivity index (χ3v) is 4.64. The van der Waals surface area contributed by atoms with Gasteiger partial charge in [0.2, 0.25) is 0 Å². The molecule has 0 aliphatic heterocycles. The Morgan fingerprint density at radius 3 is 2.74 bits per heavy atom. The SMILES string of the molecule is CSc1ncc(C(=O)Nc2ccc3nc(C)oc3c2)n1-c1ccc(F)cc1. The third-order valence-electron chi connectivity index (χ3n) is 3.98. The van der Waals surface area contributed by atoms with Crippen molar-refractivity contribution in [3.8, 4) is 5.69 Å². The Balaban J connectivity index is 1.68. The monoisotopic (exact) mass is 382 g/mol. The second kappa shape index (κ2) is 6.88. The summed E-state index contributed by atoms with van der Waals surface area (Å²) in [6.07, 6.45) is 3.37. The van der Waals surface area contributed by atoms with E-state index in [1.54, 1.807) is 41.8 Å². The van der Waals surface area contributed by atoms with Crippen molar-refractivity contribution in [1.82, 2.24) is 14.5 Å². The molecule has 0 atom stereocenters. The van der Waals surface area contributed by atoms with Crippen molar-refractivity contribution >= 4 is 34.5 Å². The van der Waals surface area contributed by atoms with Gasteiger partial charge >= 0.3 is 0 Å². The lowest BCUT2D eigenvalue weighted by atomic mass is 10.2. The molecule has 2 aromatic heterocycles. The second-order valence-electron chi connectivity index (χ2n) is 5.81. The van der Waals surface area contributed by atoms with Gasteiger partial charge in [-0.1, -0.05) is 11.8 Å². The van der Waals surface area contributed by atoms with E-state index in [-0.39, 0.29) is 11.7 Å². The normalized spacial score (nSPS) is 11.1. The van der Waals surface area contributed by atoms with Gasteiger partial charge in [0.15, 0.2) is 16.6 Å². The highest BCUT2D eigenvalue weighted by Crippen LogP contribution is 2.24. The van der Waals surface area contributed by atoms with Crippen molar-refractivity contribution in [2.24, 2.45) is 0 Å². The van der Waals surface area contributed by atoms with Gasteiger partial charge < -0.3 is 9.73 Å². The third kappa shape index (κ3) is 3.31. The van der Waals surface area contributed by atoms with Crippen LogP contribution >= 0.6 is 11.8 Å². The molecule has 0 spiro atoms. The van der Waals surface area contributed by atoms with Gasteiger partial charge in [0, 0.05) is 24.4 Å². The molecular weight excluding hydrogens is 367 g/mol. The van der Waals surface area contributed by atoms with Gasteiger partial charge in [-0.25, -0.2) is 14.4 Å². The zero-order valence-electron chi connectivity index (χ0n) is 14.6. The number of anilines is 1. The number of nitrogens with zero attached hydrogens (tertiary/aromatic N) is 3. The van der Waals surface area contributed by atoms with Gasteiger partial charge in [0.05, 0.1) is 6.20 Å². The van der Waals surface area contributed by atoms with E-state index in [1.165, 1.54) is 30.1 Å². The molecular formula is C19H15FN4O2S. The zero-order chi connectivity index (χ0) is 19.0. The van der Waals surface area contributed by atoms with Crippen LogP contribution in [0.15, 0.2) is 58.2 Å². The molecule has 0 aliphatic carbocycles. The predicted molar refractivity (Wildman–Crippen MR) is 102 cm³/mol. The van der Waals surface area contributed by atoms with E-state index in [0.29, 0.717) is 33.7 Å². The van der Waals surface area contributed by atoms with Crippen LogP contribution in [0.2, 0.25) is 0 Å². The van der Waals surface area contributed by atoms with Gasteiger partial charge in [0.25, 0.3) is 5.91 Å². The molecule has 0 aliphatic rings. The second-order valence-corrected chi connectivity index (χ2v) is 6.58. The molecule has 2 aromatic carbocycles. The molecule has 2 heterocycles. The number of aryl methyl sites for hydroxylation is 1. The molecule has 0 unspecified atom stereocenters. The number of thioether (sulfide) groups is 1. The van der Waals surface area contributed by atoms with Crippen LogP contribution in [0.5, 0.6) is 0 Å².